The van der Waals surface area contributed by atoms with E-state index in [2.05, 4.69) is 6.92 Å². The summed E-state index contributed by atoms with van der Waals surface area (Å²) in [5.74, 6) is 0. The molecule has 0 amide bonds. The molecule has 0 rings (SSSR count). The summed E-state index contributed by atoms with van der Waals surface area (Å²) >= 11 is 0. The van der Waals surface area contributed by atoms with Gasteiger partial charge in [0.05, 0.1) is 0 Å². The number of hydrogen-bond donors (Lipinski definition) is 3. The van der Waals surface area contributed by atoms with Gasteiger partial charge in [-0.1, -0.05) is 19.8 Å². The summed E-state index contributed by atoms with van der Waals surface area (Å²) in [4.78, 5) is 0. The topological polar surface area (TPSA) is 72.3 Å². The Kier molecular flexibility index (Phi) is 7.23. The lowest BCUT2D eigenvalue weighted by atomic mass is 10.00. The van der Waals surface area contributed by atoms with Crippen molar-refractivity contribution in [2.75, 3.05) is 6.54 Å². The van der Waals surface area contributed by atoms with Crippen LogP contribution in [-0.4, -0.2) is 17.4 Å². The Morgan fingerprint density at radius 3 is 2.23 bits per heavy atom. The summed E-state index contributed by atoms with van der Waals surface area (Å²) in [5, 5.41) is 9.69. The predicted molar refractivity (Wildman–Crippen MR) is 56.2 cm³/mol. The molecule has 80 valence electrons. The van der Waals surface area contributed by atoms with E-state index in [-0.39, 0.29) is 0 Å². The van der Waals surface area contributed by atoms with Gasteiger partial charge in [0.15, 0.2) is 0 Å². The molecule has 0 radical (unpaired) electrons. The van der Waals surface area contributed by atoms with Gasteiger partial charge < -0.3 is 16.6 Å². The van der Waals surface area contributed by atoms with E-state index in [0.717, 1.165) is 38.6 Å². The Morgan fingerprint density at radius 1 is 1.08 bits per heavy atom. The van der Waals surface area contributed by atoms with Crippen molar-refractivity contribution in [3.05, 3.63) is 0 Å². The first kappa shape index (κ1) is 12.9. The van der Waals surface area contributed by atoms with E-state index in [0.29, 0.717) is 12.8 Å². The molecule has 0 aromatic rings. The molecule has 0 heterocycles. The summed E-state index contributed by atoms with van der Waals surface area (Å²) in [5.41, 5.74) is 10.1. The van der Waals surface area contributed by atoms with Gasteiger partial charge in [0.2, 0.25) is 0 Å². The van der Waals surface area contributed by atoms with Crippen LogP contribution in [-0.2, 0) is 0 Å². The van der Waals surface area contributed by atoms with Gasteiger partial charge >= 0.3 is 0 Å². The Hall–Kier alpha value is -0.120. The lowest BCUT2D eigenvalue weighted by Crippen LogP contribution is -2.39. The third-order valence-corrected chi connectivity index (χ3v) is 2.28. The molecule has 1 unspecified atom stereocenters. The van der Waals surface area contributed by atoms with E-state index in [4.69, 9.17) is 11.5 Å². The quantitative estimate of drug-likeness (QED) is 0.397. The average Bonchev–Trinajstić information content (AvgIpc) is 2.09. The predicted octanol–water partition coefficient (Wildman–Crippen LogP) is 1.34. The lowest BCUT2D eigenvalue weighted by molar-refractivity contribution is 0.0246. The molecule has 0 aromatic carbocycles. The standard InChI is InChI=1S/C10H24N2O/c1-2-3-7-10(12,13)8-5-4-6-9-11/h13H,2-9,11-12H2,1H3. The van der Waals surface area contributed by atoms with Crippen LogP contribution in [0.1, 0.15) is 51.9 Å². The van der Waals surface area contributed by atoms with Crippen molar-refractivity contribution in [2.45, 2.75) is 57.6 Å². The normalized spacial score (nSPS) is 15.7. The molecule has 0 fully saturated rings. The minimum atomic E-state index is -0.940. The maximum Gasteiger partial charge on any atom is 0.113 e. The van der Waals surface area contributed by atoms with Gasteiger partial charge in [-0.2, -0.15) is 0 Å². The second-order valence-corrected chi connectivity index (χ2v) is 3.81. The Labute approximate surface area is 81.5 Å². The Morgan fingerprint density at radius 2 is 1.69 bits per heavy atom. The fourth-order valence-electron chi connectivity index (χ4n) is 1.36. The minimum Gasteiger partial charge on any atom is -0.376 e. The van der Waals surface area contributed by atoms with E-state index >= 15 is 0 Å². The van der Waals surface area contributed by atoms with Crippen LogP contribution < -0.4 is 11.5 Å². The molecule has 3 heteroatoms. The molecule has 1 atom stereocenters. The molecular weight excluding hydrogens is 164 g/mol. The van der Waals surface area contributed by atoms with E-state index in [9.17, 15) is 5.11 Å². The third kappa shape index (κ3) is 8.22. The molecular formula is C10H24N2O. The van der Waals surface area contributed by atoms with Crippen molar-refractivity contribution < 1.29 is 5.11 Å². The van der Waals surface area contributed by atoms with Crippen molar-refractivity contribution in [3.8, 4) is 0 Å². The highest BCUT2D eigenvalue weighted by Crippen LogP contribution is 2.15. The van der Waals surface area contributed by atoms with Gasteiger partial charge in [0.25, 0.3) is 0 Å². The fourth-order valence-corrected chi connectivity index (χ4v) is 1.36. The second-order valence-electron chi connectivity index (χ2n) is 3.81. The fraction of sp³-hybridized carbons (Fsp3) is 1.00. The number of aliphatic hydroxyl groups is 1. The van der Waals surface area contributed by atoms with Gasteiger partial charge in [-0.15, -0.1) is 0 Å². The monoisotopic (exact) mass is 188 g/mol. The summed E-state index contributed by atoms with van der Waals surface area (Å²) in [6, 6.07) is 0. The zero-order valence-electron chi connectivity index (χ0n) is 8.76. The first-order chi connectivity index (χ1) is 6.12. The van der Waals surface area contributed by atoms with Gasteiger partial charge in [-0.25, -0.2) is 0 Å². The van der Waals surface area contributed by atoms with Crippen molar-refractivity contribution in [1.29, 1.82) is 0 Å². The molecule has 0 saturated carbocycles. The largest absolute Gasteiger partial charge is 0.376 e. The van der Waals surface area contributed by atoms with Crippen LogP contribution >= 0.6 is 0 Å². The molecule has 0 aliphatic carbocycles. The van der Waals surface area contributed by atoms with Crippen LogP contribution in [0.5, 0.6) is 0 Å². The van der Waals surface area contributed by atoms with Crippen molar-refractivity contribution >= 4 is 0 Å². The zero-order chi connectivity index (χ0) is 10.2. The highest BCUT2D eigenvalue weighted by molar-refractivity contribution is 4.70. The molecule has 3 nitrogen and oxygen atoms in total. The summed E-state index contributed by atoms with van der Waals surface area (Å²) in [6.07, 6.45) is 6.59. The van der Waals surface area contributed by atoms with Gasteiger partial charge in [0.1, 0.15) is 5.72 Å². The molecule has 0 bridgehead atoms. The summed E-state index contributed by atoms with van der Waals surface area (Å²) < 4.78 is 0. The lowest BCUT2D eigenvalue weighted by Gasteiger charge is -2.22. The summed E-state index contributed by atoms with van der Waals surface area (Å²) in [7, 11) is 0. The minimum absolute atomic E-state index is 0.701. The van der Waals surface area contributed by atoms with Crippen LogP contribution in [0.2, 0.25) is 0 Å². The molecule has 13 heavy (non-hydrogen) atoms. The first-order valence-electron chi connectivity index (χ1n) is 5.33. The van der Waals surface area contributed by atoms with Crippen LogP contribution in [0.4, 0.5) is 0 Å². The van der Waals surface area contributed by atoms with Gasteiger partial charge in [-0.3, -0.25) is 0 Å². The van der Waals surface area contributed by atoms with E-state index in [1.165, 1.54) is 0 Å². The molecule has 0 saturated heterocycles. The SMILES string of the molecule is CCCCC(N)(O)CCCCCN. The van der Waals surface area contributed by atoms with Crippen LogP contribution in [0.3, 0.4) is 0 Å². The number of nitrogens with two attached hydrogens (primary N) is 2. The second kappa shape index (κ2) is 7.30. The maximum atomic E-state index is 9.69. The van der Waals surface area contributed by atoms with E-state index in [1.807, 2.05) is 0 Å². The van der Waals surface area contributed by atoms with Crippen molar-refractivity contribution in [2.24, 2.45) is 11.5 Å². The molecule has 5 N–H and O–H groups in total. The maximum absolute atomic E-state index is 9.69. The van der Waals surface area contributed by atoms with Crippen molar-refractivity contribution in [3.63, 3.8) is 0 Å². The molecule has 0 aliphatic heterocycles. The number of hydrogen-bond acceptors (Lipinski definition) is 3. The van der Waals surface area contributed by atoms with E-state index in [1.54, 1.807) is 0 Å². The van der Waals surface area contributed by atoms with Gasteiger partial charge in [0, 0.05) is 0 Å². The van der Waals surface area contributed by atoms with Crippen LogP contribution in [0.25, 0.3) is 0 Å². The number of unbranched alkanes of at least 4 members (excludes halogenated alkanes) is 3. The zero-order valence-corrected chi connectivity index (χ0v) is 8.76. The first-order valence-corrected chi connectivity index (χ1v) is 5.33. The molecule has 0 aromatic heterocycles. The van der Waals surface area contributed by atoms with Crippen LogP contribution in [0, 0.1) is 0 Å². The van der Waals surface area contributed by atoms with Crippen LogP contribution in [0.15, 0.2) is 0 Å². The molecule has 0 aliphatic rings. The highest BCUT2D eigenvalue weighted by atomic mass is 16.3. The van der Waals surface area contributed by atoms with Gasteiger partial charge in [-0.05, 0) is 38.6 Å². The van der Waals surface area contributed by atoms with E-state index < -0.39 is 5.72 Å². The number of rotatable bonds is 8. The van der Waals surface area contributed by atoms with Crippen molar-refractivity contribution in [1.82, 2.24) is 0 Å². The Bertz CT molecular complexity index is 115. The Balaban J connectivity index is 3.39. The average molecular weight is 188 g/mol. The summed E-state index contributed by atoms with van der Waals surface area (Å²) in [6.45, 7) is 2.84. The smallest absolute Gasteiger partial charge is 0.113 e. The third-order valence-electron chi connectivity index (χ3n) is 2.28. The molecule has 0 spiro atoms. The highest BCUT2D eigenvalue weighted by Gasteiger charge is 2.18.